The molecule has 2 heterocycles. The summed E-state index contributed by atoms with van der Waals surface area (Å²) < 4.78 is 0.607. The molecule has 15 heavy (non-hydrogen) atoms. The Hall–Kier alpha value is -0.870. The van der Waals surface area contributed by atoms with E-state index < -0.39 is 0 Å². The second-order valence-corrected chi connectivity index (χ2v) is 5.12. The van der Waals surface area contributed by atoms with E-state index in [1.807, 2.05) is 0 Å². The van der Waals surface area contributed by atoms with Gasteiger partial charge in [0.2, 0.25) is 5.91 Å². The molecule has 0 atom stereocenters. The van der Waals surface area contributed by atoms with E-state index in [9.17, 15) is 9.59 Å². The maximum atomic E-state index is 11.6. The Balaban J connectivity index is 1.84. The van der Waals surface area contributed by atoms with E-state index in [1.165, 1.54) is 11.3 Å². The number of carbonyl (C=O) groups excluding carboxylic acids is 2. The Labute approximate surface area is 96.6 Å². The lowest BCUT2D eigenvalue weighted by Gasteiger charge is -1.99. The average Bonchev–Trinajstić information content (AvgIpc) is 2.97. The Morgan fingerprint density at radius 3 is 2.60 bits per heavy atom. The monoisotopic (exact) mass is 243 g/mol. The molecule has 1 fully saturated rings. The fourth-order valence-corrected chi connectivity index (χ4v) is 2.28. The normalized spacial score (nSPS) is 14.1. The molecule has 2 rings (SSSR count). The Morgan fingerprint density at radius 2 is 2.07 bits per heavy atom. The standard InChI is InChI=1S/C10H10ClNO2S/c11-9-3-2-8(15-9)7(13)1-4-10(14)12-5-6-12/h2-3H,1,4-6H2. The van der Waals surface area contributed by atoms with Crippen molar-refractivity contribution in [3.63, 3.8) is 0 Å². The number of thiophene rings is 1. The van der Waals surface area contributed by atoms with Gasteiger partial charge in [0.15, 0.2) is 5.78 Å². The largest absolute Gasteiger partial charge is 0.339 e. The van der Waals surface area contributed by atoms with E-state index >= 15 is 0 Å². The van der Waals surface area contributed by atoms with Crippen molar-refractivity contribution in [1.82, 2.24) is 4.90 Å². The van der Waals surface area contributed by atoms with Gasteiger partial charge in [0.1, 0.15) is 0 Å². The van der Waals surface area contributed by atoms with E-state index in [2.05, 4.69) is 0 Å². The third kappa shape index (κ3) is 2.79. The van der Waals surface area contributed by atoms with Crippen LogP contribution >= 0.6 is 22.9 Å². The highest BCUT2D eigenvalue weighted by atomic mass is 35.5. The van der Waals surface area contributed by atoms with Crippen molar-refractivity contribution in [2.75, 3.05) is 13.1 Å². The number of halogens is 1. The second-order valence-electron chi connectivity index (χ2n) is 3.41. The molecule has 0 unspecified atom stereocenters. The van der Waals surface area contributed by atoms with Gasteiger partial charge in [-0.2, -0.15) is 0 Å². The number of amides is 1. The molecule has 80 valence electrons. The summed E-state index contributed by atoms with van der Waals surface area (Å²) in [5, 5.41) is 0. The summed E-state index contributed by atoms with van der Waals surface area (Å²) in [4.78, 5) is 25.3. The molecule has 0 aliphatic carbocycles. The predicted octanol–water partition coefficient (Wildman–Crippen LogP) is 2.21. The Morgan fingerprint density at radius 1 is 1.33 bits per heavy atom. The quantitative estimate of drug-likeness (QED) is 0.601. The molecule has 1 aliphatic heterocycles. The molecule has 5 heteroatoms. The molecule has 3 nitrogen and oxygen atoms in total. The molecular weight excluding hydrogens is 234 g/mol. The van der Waals surface area contributed by atoms with Gasteiger partial charge in [0, 0.05) is 25.9 Å². The number of ketones is 1. The maximum Gasteiger partial charge on any atom is 0.223 e. The highest BCUT2D eigenvalue weighted by molar-refractivity contribution is 7.18. The summed E-state index contributed by atoms with van der Waals surface area (Å²) in [5.74, 6) is 0.0769. The zero-order valence-electron chi connectivity index (χ0n) is 8.03. The van der Waals surface area contributed by atoms with Crippen molar-refractivity contribution in [1.29, 1.82) is 0 Å². The van der Waals surface area contributed by atoms with Crippen molar-refractivity contribution in [3.8, 4) is 0 Å². The van der Waals surface area contributed by atoms with Crippen LogP contribution in [0.1, 0.15) is 22.5 Å². The number of rotatable bonds is 4. The number of hydrogen-bond acceptors (Lipinski definition) is 3. The van der Waals surface area contributed by atoms with Gasteiger partial charge in [0.05, 0.1) is 9.21 Å². The summed E-state index contributed by atoms with van der Waals surface area (Å²) in [5.41, 5.74) is 0. The smallest absolute Gasteiger partial charge is 0.223 e. The molecule has 1 saturated heterocycles. The van der Waals surface area contributed by atoms with Crippen molar-refractivity contribution in [3.05, 3.63) is 21.3 Å². The fraction of sp³-hybridized carbons (Fsp3) is 0.400. The summed E-state index contributed by atoms with van der Waals surface area (Å²) in [6, 6.07) is 3.41. The van der Waals surface area contributed by atoms with E-state index in [1.54, 1.807) is 17.0 Å². The highest BCUT2D eigenvalue weighted by Crippen LogP contribution is 2.23. The number of nitrogens with zero attached hydrogens (tertiary/aromatic N) is 1. The minimum atomic E-state index is 0.00194. The molecule has 1 aromatic heterocycles. The van der Waals surface area contributed by atoms with Gasteiger partial charge >= 0.3 is 0 Å². The van der Waals surface area contributed by atoms with E-state index in [0.29, 0.717) is 15.6 Å². The molecular formula is C10H10ClNO2S. The minimum Gasteiger partial charge on any atom is -0.339 e. The first-order chi connectivity index (χ1) is 7.16. The topological polar surface area (TPSA) is 37.1 Å². The zero-order chi connectivity index (χ0) is 10.8. The van der Waals surface area contributed by atoms with Gasteiger partial charge in [-0.1, -0.05) is 11.6 Å². The second kappa shape index (κ2) is 4.33. The third-order valence-corrected chi connectivity index (χ3v) is 3.49. The van der Waals surface area contributed by atoms with Crippen molar-refractivity contribution >= 4 is 34.6 Å². The van der Waals surface area contributed by atoms with Gasteiger partial charge in [-0.3, -0.25) is 9.59 Å². The number of hydrogen-bond donors (Lipinski definition) is 0. The van der Waals surface area contributed by atoms with Crippen LogP contribution in [0.25, 0.3) is 0 Å². The lowest BCUT2D eigenvalue weighted by Crippen LogP contribution is -2.11. The van der Waals surface area contributed by atoms with E-state index in [0.717, 1.165) is 13.1 Å². The fourth-order valence-electron chi connectivity index (χ4n) is 1.27. The predicted molar refractivity (Wildman–Crippen MR) is 59.5 cm³/mol. The zero-order valence-corrected chi connectivity index (χ0v) is 9.61. The summed E-state index contributed by atoms with van der Waals surface area (Å²) in [6.45, 7) is 1.69. The highest BCUT2D eigenvalue weighted by Gasteiger charge is 2.24. The van der Waals surface area contributed by atoms with Crippen molar-refractivity contribution in [2.45, 2.75) is 12.8 Å². The molecule has 0 bridgehead atoms. The van der Waals surface area contributed by atoms with Crippen LogP contribution in [0.5, 0.6) is 0 Å². The average molecular weight is 244 g/mol. The lowest BCUT2D eigenvalue weighted by molar-refractivity contribution is -0.125. The summed E-state index contributed by atoms with van der Waals surface area (Å²) in [6.07, 6.45) is 0.598. The first-order valence-corrected chi connectivity index (χ1v) is 5.92. The van der Waals surface area contributed by atoms with Gasteiger partial charge in [-0.25, -0.2) is 0 Å². The Bertz CT molecular complexity index is 398. The van der Waals surface area contributed by atoms with Crippen LogP contribution in [-0.2, 0) is 4.79 Å². The van der Waals surface area contributed by atoms with Crippen LogP contribution in [0, 0.1) is 0 Å². The number of Topliss-reactive ketones (excluding diaryl/α,β-unsaturated/α-hetero) is 1. The van der Waals surface area contributed by atoms with Gasteiger partial charge in [0.25, 0.3) is 0 Å². The summed E-state index contributed by atoms with van der Waals surface area (Å²) >= 11 is 6.98. The van der Waals surface area contributed by atoms with Crippen LogP contribution in [0.4, 0.5) is 0 Å². The molecule has 0 aromatic carbocycles. The SMILES string of the molecule is O=C(CCC(=O)N1CC1)c1ccc(Cl)s1. The Kier molecular flexibility index (Phi) is 3.07. The molecule has 1 amide bonds. The van der Waals surface area contributed by atoms with E-state index in [-0.39, 0.29) is 18.1 Å². The molecule has 1 aromatic rings. The molecule has 0 N–H and O–H groups in total. The maximum absolute atomic E-state index is 11.6. The third-order valence-electron chi connectivity index (χ3n) is 2.21. The summed E-state index contributed by atoms with van der Waals surface area (Å²) in [7, 11) is 0. The minimum absolute atomic E-state index is 0.00194. The van der Waals surface area contributed by atoms with Gasteiger partial charge < -0.3 is 4.90 Å². The molecule has 0 spiro atoms. The molecule has 1 aliphatic rings. The van der Waals surface area contributed by atoms with Gasteiger partial charge in [-0.15, -0.1) is 11.3 Å². The lowest BCUT2D eigenvalue weighted by atomic mass is 10.2. The van der Waals surface area contributed by atoms with Gasteiger partial charge in [-0.05, 0) is 12.1 Å². The number of carbonyl (C=O) groups is 2. The van der Waals surface area contributed by atoms with Crippen LogP contribution < -0.4 is 0 Å². The van der Waals surface area contributed by atoms with Crippen LogP contribution in [0.3, 0.4) is 0 Å². The van der Waals surface area contributed by atoms with Crippen LogP contribution in [0.2, 0.25) is 4.34 Å². The van der Waals surface area contributed by atoms with E-state index in [4.69, 9.17) is 11.6 Å². The first kappa shape index (κ1) is 10.6. The van der Waals surface area contributed by atoms with Crippen LogP contribution in [-0.4, -0.2) is 29.7 Å². The molecule has 0 radical (unpaired) electrons. The van der Waals surface area contributed by atoms with Crippen molar-refractivity contribution in [2.24, 2.45) is 0 Å². The van der Waals surface area contributed by atoms with Crippen LogP contribution in [0.15, 0.2) is 12.1 Å². The van der Waals surface area contributed by atoms with Crippen molar-refractivity contribution < 1.29 is 9.59 Å². The molecule has 0 saturated carbocycles. The first-order valence-electron chi connectivity index (χ1n) is 4.73.